The highest BCUT2D eigenvalue weighted by atomic mass is 32.1. The summed E-state index contributed by atoms with van der Waals surface area (Å²) in [5, 5.41) is 7.30. The third-order valence-electron chi connectivity index (χ3n) is 2.68. The van der Waals surface area contributed by atoms with E-state index < -0.39 is 0 Å². The van der Waals surface area contributed by atoms with Crippen LogP contribution in [-0.4, -0.2) is 28.5 Å². The standard InChI is InChI=1S/C13H15FN4OS/c1-19-5-4-18-8-10(7-16-18)17-12-3-2-9(14)6-11(12)13(15)20/h2-3,6-8,17H,4-5H2,1H3,(H2,15,20). The lowest BCUT2D eigenvalue weighted by atomic mass is 10.1. The minimum Gasteiger partial charge on any atom is -0.389 e. The molecule has 5 nitrogen and oxygen atoms in total. The van der Waals surface area contributed by atoms with Crippen LogP contribution in [0.2, 0.25) is 0 Å². The Morgan fingerprint density at radius 1 is 1.55 bits per heavy atom. The molecule has 20 heavy (non-hydrogen) atoms. The van der Waals surface area contributed by atoms with Crippen LogP contribution in [0.3, 0.4) is 0 Å². The molecule has 1 aromatic heterocycles. The summed E-state index contributed by atoms with van der Waals surface area (Å²) < 4.78 is 19.9. The topological polar surface area (TPSA) is 65.1 Å². The molecule has 0 aliphatic heterocycles. The van der Waals surface area contributed by atoms with Crippen LogP contribution < -0.4 is 11.1 Å². The van der Waals surface area contributed by atoms with Crippen LogP contribution in [0.1, 0.15) is 5.56 Å². The molecule has 0 saturated heterocycles. The molecule has 0 bridgehead atoms. The van der Waals surface area contributed by atoms with E-state index in [-0.39, 0.29) is 10.8 Å². The summed E-state index contributed by atoms with van der Waals surface area (Å²) in [4.78, 5) is 0.138. The van der Waals surface area contributed by atoms with Gasteiger partial charge in [0.1, 0.15) is 10.8 Å². The van der Waals surface area contributed by atoms with Gasteiger partial charge in [0.25, 0.3) is 0 Å². The lowest BCUT2D eigenvalue weighted by molar-refractivity contribution is 0.183. The van der Waals surface area contributed by atoms with E-state index in [0.717, 1.165) is 5.69 Å². The van der Waals surface area contributed by atoms with Crippen molar-refractivity contribution in [2.75, 3.05) is 19.0 Å². The highest BCUT2D eigenvalue weighted by molar-refractivity contribution is 7.80. The molecule has 0 atom stereocenters. The van der Waals surface area contributed by atoms with Crippen LogP contribution >= 0.6 is 12.2 Å². The average Bonchev–Trinajstić information content (AvgIpc) is 2.86. The first-order chi connectivity index (χ1) is 9.60. The summed E-state index contributed by atoms with van der Waals surface area (Å²) in [5.74, 6) is -0.380. The Hall–Kier alpha value is -1.99. The first-order valence-corrected chi connectivity index (χ1v) is 6.38. The molecule has 0 unspecified atom stereocenters. The van der Waals surface area contributed by atoms with Crippen LogP contribution in [0, 0.1) is 5.82 Å². The molecule has 2 rings (SSSR count). The van der Waals surface area contributed by atoms with E-state index in [1.54, 1.807) is 24.1 Å². The van der Waals surface area contributed by atoms with Crippen molar-refractivity contribution in [3.63, 3.8) is 0 Å². The third kappa shape index (κ3) is 3.52. The molecule has 3 N–H and O–H groups in total. The number of hydrogen-bond acceptors (Lipinski definition) is 4. The summed E-state index contributed by atoms with van der Waals surface area (Å²) in [5.41, 5.74) is 7.47. The molecule has 2 aromatic rings. The minimum absolute atomic E-state index is 0.138. The molecule has 1 heterocycles. The van der Waals surface area contributed by atoms with Gasteiger partial charge in [-0.15, -0.1) is 0 Å². The van der Waals surface area contributed by atoms with Gasteiger partial charge in [0.15, 0.2) is 0 Å². The van der Waals surface area contributed by atoms with Crippen molar-refractivity contribution in [1.29, 1.82) is 0 Å². The van der Waals surface area contributed by atoms with Crippen molar-refractivity contribution in [3.05, 3.63) is 42.0 Å². The minimum atomic E-state index is -0.380. The van der Waals surface area contributed by atoms with E-state index in [2.05, 4.69) is 10.4 Å². The molecule has 0 amide bonds. The molecule has 0 saturated carbocycles. The molecule has 0 aliphatic carbocycles. The van der Waals surface area contributed by atoms with Gasteiger partial charge in [0.2, 0.25) is 0 Å². The molecule has 0 fully saturated rings. The number of nitrogens with zero attached hydrogens (tertiary/aromatic N) is 2. The number of thiocarbonyl (C=S) groups is 1. The van der Waals surface area contributed by atoms with Crippen LogP contribution in [0.15, 0.2) is 30.6 Å². The Labute approximate surface area is 121 Å². The smallest absolute Gasteiger partial charge is 0.124 e. The number of rotatable bonds is 6. The first kappa shape index (κ1) is 14.4. The monoisotopic (exact) mass is 294 g/mol. The van der Waals surface area contributed by atoms with E-state index in [1.807, 2.05) is 6.20 Å². The maximum Gasteiger partial charge on any atom is 0.124 e. The Balaban J connectivity index is 2.17. The van der Waals surface area contributed by atoms with Gasteiger partial charge in [0.05, 0.1) is 25.0 Å². The molecule has 1 aromatic carbocycles. The molecule has 0 aliphatic rings. The highest BCUT2D eigenvalue weighted by Gasteiger charge is 2.08. The van der Waals surface area contributed by atoms with Crippen LogP contribution in [-0.2, 0) is 11.3 Å². The van der Waals surface area contributed by atoms with Crippen LogP contribution in [0.4, 0.5) is 15.8 Å². The lowest BCUT2D eigenvalue weighted by Crippen LogP contribution is -2.12. The van der Waals surface area contributed by atoms with Gasteiger partial charge in [-0.25, -0.2) is 4.39 Å². The van der Waals surface area contributed by atoms with Crippen LogP contribution in [0.25, 0.3) is 0 Å². The van der Waals surface area contributed by atoms with Crippen molar-refractivity contribution < 1.29 is 9.13 Å². The molecule has 0 spiro atoms. The normalized spacial score (nSPS) is 10.5. The van der Waals surface area contributed by atoms with Crippen molar-refractivity contribution in [2.45, 2.75) is 6.54 Å². The third-order valence-corrected chi connectivity index (χ3v) is 2.90. The second kappa shape index (κ2) is 6.44. The SMILES string of the molecule is COCCn1cc(Nc2ccc(F)cc2C(N)=S)cn1. The Morgan fingerprint density at radius 3 is 3.05 bits per heavy atom. The first-order valence-electron chi connectivity index (χ1n) is 5.98. The zero-order chi connectivity index (χ0) is 14.5. The van der Waals surface area contributed by atoms with Gasteiger partial charge in [-0.1, -0.05) is 12.2 Å². The summed E-state index contributed by atoms with van der Waals surface area (Å²) >= 11 is 4.92. The number of halogens is 1. The highest BCUT2D eigenvalue weighted by Crippen LogP contribution is 2.21. The van der Waals surface area contributed by atoms with Crippen molar-refractivity contribution >= 4 is 28.6 Å². The van der Waals surface area contributed by atoms with E-state index in [0.29, 0.717) is 24.4 Å². The molecular formula is C13H15FN4OS. The van der Waals surface area contributed by atoms with Gasteiger partial charge in [-0.2, -0.15) is 5.10 Å². The molecule has 106 valence electrons. The fourth-order valence-electron chi connectivity index (χ4n) is 1.72. The maximum atomic E-state index is 13.2. The summed E-state index contributed by atoms with van der Waals surface area (Å²) in [7, 11) is 1.63. The molecular weight excluding hydrogens is 279 g/mol. The number of nitrogens with one attached hydrogen (secondary N) is 1. The van der Waals surface area contributed by atoms with Crippen molar-refractivity contribution in [2.24, 2.45) is 5.73 Å². The fraction of sp³-hybridized carbons (Fsp3) is 0.231. The quantitative estimate of drug-likeness (QED) is 0.798. The van der Waals surface area contributed by atoms with Gasteiger partial charge >= 0.3 is 0 Å². The number of ether oxygens (including phenoxy) is 1. The van der Waals surface area contributed by atoms with Gasteiger partial charge in [-0.05, 0) is 18.2 Å². The number of benzene rings is 1. The predicted molar refractivity (Wildman–Crippen MR) is 79.7 cm³/mol. The second-order valence-electron chi connectivity index (χ2n) is 4.16. The van der Waals surface area contributed by atoms with Gasteiger partial charge < -0.3 is 15.8 Å². The summed E-state index contributed by atoms with van der Waals surface area (Å²) in [6.45, 7) is 1.24. The van der Waals surface area contributed by atoms with E-state index in [1.165, 1.54) is 12.1 Å². The van der Waals surface area contributed by atoms with E-state index in [4.69, 9.17) is 22.7 Å². The van der Waals surface area contributed by atoms with Gasteiger partial charge in [-0.3, -0.25) is 4.68 Å². The van der Waals surface area contributed by atoms with Crippen molar-refractivity contribution in [1.82, 2.24) is 9.78 Å². The maximum absolute atomic E-state index is 13.2. The Bertz CT molecular complexity index is 614. The second-order valence-corrected chi connectivity index (χ2v) is 4.60. The fourth-order valence-corrected chi connectivity index (χ4v) is 1.89. The number of nitrogens with two attached hydrogens (primary N) is 1. The summed E-state index contributed by atoms with van der Waals surface area (Å²) in [6, 6.07) is 4.25. The van der Waals surface area contributed by atoms with Crippen LogP contribution in [0.5, 0.6) is 0 Å². The molecule has 0 radical (unpaired) electrons. The average molecular weight is 294 g/mol. The predicted octanol–water partition coefficient (Wildman–Crippen LogP) is 2.05. The number of hydrogen-bond donors (Lipinski definition) is 2. The Kier molecular flexibility index (Phi) is 4.65. The lowest BCUT2D eigenvalue weighted by Gasteiger charge is -2.09. The van der Waals surface area contributed by atoms with E-state index >= 15 is 0 Å². The largest absolute Gasteiger partial charge is 0.389 e. The number of aromatic nitrogens is 2. The molecule has 7 heteroatoms. The van der Waals surface area contributed by atoms with E-state index in [9.17, 15) is 4.39 Å². The van der Waals surface area contributed by atoms with Crippen molar-refractivity contribution in [3.8, 4) is 0 Å². The summed E-state index contributed by atoms with van der Waals surface area (Å²) in [6.07, 6.45) is 3.49. The zero-order valence-electron chi connectivity index (χ0n) is 11.0. The Morgan fingerprint density at radius 2 is 2.35 bits per heavy atom. The number of methoxy groups -OCH3 is 1. The van der Waals surface area contributed by atoms with Gasteiger partial charge in [0, 0.05) is 24.6 Å². The zero-order valence-corrected chi connectivity index (χ0v) is 11.8. The number of anilines is 2.